The largest absolute Gasteiger partial charge is 0.460 e. The zero-order valence-corrected chi connectivity index (χ0v) is 17.0. The summed E-state index contributed by atoms with van der Waals surface area (Å²) in [5, 5.41) is 0. The van der Waals surface area contributed by atoms with Gasteiger partial charge in [-0.1, -0.05) is 30.3 Å². The summed E-state index contributed by atoms with van der Waals surface area (Å²) in [7, 11) is 3.96. The molecule has 1 fully saturated rings. The van der Waals surface area contributed by atoms with E-state index >= 15 is 0 Å². The van der Waals surface area contributed by atoms with Crippen molar-refractivity contribution in [1.82, 2.24) is 14.9 Å². The van der Waals surface area contributed by atoms with Crippen LogP contribution in [0.5, 0.6) is 0 Å². The van der Waals surface area contributed by atoms with Gasteiger partial charge < -0.3 is 14.1 Å². The van der Waals surface area contributed by atoms with Crippen LogP contribution in [0.15, 0.2) is 53.1 Å². The first kappa shape index (κ1) is 18.3. The summed E-state index contributed by atoms with van der Waals surface area (Å²) in [5.41, 5.74) is 3.33. The molecule has 2 aromatic heterocycles. The fraction of sp³-hybridized carbons (Fsp3) is 0.391. The topological polar surface area (TPSA) is 54.6 Å². The highest BCUT2D eigenvalue weighted by atomic mass is 16.5. The van der Waals surface area contributed by atoms with E-state index in [1.165, 1.54) is 0 Å². The first-order valence-electron chi connectivity index (χ1n) is 10.1. The maximum absolute atomic E-state index is 6.12. The molecule has 1 aromatic carbocycles. The Balaban J connectivity index is 1.35. The molecule has 0 radical (unpaired) electrons. The molecule has 0 N–H and O–H groups in total. The standard InChI is InChI=1S/C23H26N4O2/c1-26(2)22-24-12-18-14-28-16-23(21(18)25-22)10-11-27(15-23)13-19-8-9-20(29-19)17-6-4-3-5-7-17/h3-9,12H,10-11,13-16H2,1-2H3/t23-/m0/s1. The fourth-order valence-electron chi connectivity index (χ4n) is 4.45. The Morgan fingerprint density at radius 2 is 2.00 bits per heavy atom. The lowest BCUT2D eigenvalue weighted by Crippen LogP contribution is -2.40. The van der Waals surface area contributed by atoms with E-state index in [2.05, 4.69) is 34.1 Å². The van der Waals surface area contributed by atoms with E-state index in [1.807, 2.05) is 43.4 Å². The van der Waals surface area contributed by atoms with Crippen molar-refractivity contribution in [3.63, 3.8) is 0 Å². The van der Waals surface area contributed by atoms with Gasteiger partial charge in [-0.15, -0.1) is 0 Å². The van der Waals surface area contributed by atoms with Gasteiger partial charge in [0, 0.05) is 38.0 Å². The molecule has 0 aliphatic carbocycles. The SMILES string of the molecule is CN(C)c1ncc2c(n1)[C@]1(CCN(Cc3ccc(-c4ccccc4)o3)C1)COC2. The summed E-state index contributed by atoms with van der Waals surface area (Å²) in [6.07, 6.45) is 2.97. The van der Waals surface area contributed by atoms with E-state index in [-0.39, 0.29) is 5.41 Å². The summed E-state index contributed by atoms with van der Waals surface area (Å²) in [6, 6.07) is 14.4. The summed E-state index contributed by atoms with van der Waals surface area (Å²) < 4.78 is 12.1. The van der Waals surface area contributed by atoms with Gasteiger partial charge in [-0.05, 0) is 25.1 Å². The summed E-state index contributed by atoms with van der Waals surface area (Å²) in [4.78, 5) is 13.8. The molecule has 6 nitrogen and oxygen atoms in total. The predicted octanol–water partition coefficient (Wildman–Crippen LogP) is 3.48. The molecule has 4 heterocycles. The van der Waals surface area contributed by atoms with Crippen LogP contribution in [0.1, 0.15) is 23.4 Å². The van der Waals surface area contributed by atoms with Crippen molar-refractivity contribution in [3.8, 4) is 11.3 Å². The van der Waals surface area contributed by atoms with Crippen LogP contribution in [0.2, 0.25) is 0 Å². The highest BCUT2D eigenvalue weighted by Crippen LogP contribution is 2.40. The minimum Gasteiger partial charge on any atom is -0.460 e. The van der Waals surface area contributed by atoms with Crippen molar-refractivity contribution < 1.29 is 9.15 Å². The number of ether oxygens (including phenoxy) is 1. The number of hydrogen-bond acceptors (Lipinski definition) is 6. The summed E-state index contributed by atoms with van der Waals surface area (Å²) in [5.74, 6) is 2.68. The van der Waals surface area contributed by atoms with Crippen LogP contribution in [-0.2, 0) is 23.3 Å². The van der Waals surface area contributed by atoms with Crippen LogP contribution in [0.25, 0.3) is 11.3 Å². The molecule has 0 amide bonds. The Bertz CT molecular complexity index is 1000. The third-order valence-electron chi connectivity index (χ3n) is 5.92. The molecule has 0 unspecified atom stereocenters. The number of fused-ring (bicyclic) bond motifs is 2. The van der Waals surface area contributed by atoms with E-state index < -0.39 is 0 Å². The number of anilines is 1. The van der Waals surface area contributed by atoms with Gasteiger partial charge in [-0.25, -0.2) is 9.97 Å². The smallest absolute Gasteiger partial charge is 0.225 e. The van der Waals surface area contributed by atoms with E-state index in [1.54, 1.807) is 0 Å². The van der Waals surface area contributed by atoms with Crippen molar-refractivity contribution in [3.05, 3.63) is 65.7 Å². The zero-order valence-electron chi connectivity index (χ0n) is 17.0. The minimum absolute atomic E-state index is 0.0594. The molecule has 3 aromatic rings. The second-order valence-electron chi connectivity index (χ2n) is 8.30. The summed E-state index contributed by atoms with van der Waals surface area (Å²) in [6.45, 7) is 4.05. The number of furan rings is 1. The number of likely N-dealkylation sites (tertiary alicyclic amines) is 1. The van der Waals surface area contributed by atoms with Crippen molar-refractivity contribution >= 4 is 5.95 Å². The Labute approximate surface area is 171 Å². The molecule has 2 aliphatic rings. The average Bonchev–Trinajstić information content (AvgIpc) is 3.37. The lowest BCUT2D eigenvalue weighted by atomic mass is 9.80. The predicted molar refractivity (Wildman–Crippen MR) is 112 cm³/mol. The van der Waals surface area contributed by atoms with Gasteiger partial charge in [0.05, 0.1) is 30.9 Å². The molecule has 5 rings (SSSR count). The first-order chi connectivity index (χ1) is 14.1. The third kappa shape index (κ3) is 3.43. The first-order valence-corrected chi connectivity index (χ1v) is 10.1. The number of aromatic nitrogens is 2. The molecular weight excluding hydrogens is 364 g/mol. The molecule has 1 saturated heterocycles. The van der Waals surface area contributed by atoms with Crippen LogP contribution < -0.4 is 4.90 Å². The van der Waals surface area contributed by atoms with E-state index in [0.717, 1.165) is 60.3 Å². The van der Waals surface area contributed by atoms with E-state index in [4.69, 9.17) is 14.1 Å². The van der Waals surface area contributed by atoms with Crippen molar-refractivity contribution in [2.75, 3.05) is 38.7 Å². The Hall–Kier alpha value is -2.70. The van der Waals surface area contributed by atoms with Crippen LogP contribution in [0.3, 0.4) is 0 Å². The van der Waals surface area contributed by atoms with Gasteiger partial charge in [-0.2, -0.15) is 0 Å². The molecule has 1 atom stereocenters. The maximum atomic E-state index is 6.12. The van der Waals surface area contributed by atoms with Crippen molar-refractivity contribution in [2.45, 2.75) is 25.0 Å². The lowest BCUT2D eigenvalue weighted by molar-refractivity contribution is 0.0500. The molecule has 2 aliphatic heterocycles. The number of hydrogen-bond donors (Lipinski definition) is 0. The number of rotatable bonds is 4. The number of benzene rings is 1. The van der Waals surface area contributed by atoms with Gasteiger partial charge in [0.25, 0.3) is 0 Å². The minimum atomic E-state index is -0.0594. The van der Waals surface area contributed by atoms with Gasteiger partial charge >= 0.3 is 0 Å². The average molecular weight is 390 g/mol. The molecular formula is C23H26N4O2. The lowest BCUT2D eigenvalue weighted by Gasteiger charge is -2.34. The van der Waals surface area contributed by atoms with Gasteiger partial charge in [-0.3, -0.25) is 4.90 Å². The monoisotopic (exact) mass is 390 g/mol. The second-order valence-corrected chi connectivity index (χ2v) is 8.30. The molecule has 0 saturated carbocycles. The van der Waals surface area contributed by atoms with E-state index in [9.17, 15) is 0 Å². The normalized spacial score (nSPS) is 21.4. The molecule has 6 heteroatoms. The van der Waals surface area contributed by atoms with Crippen molar-refractivity contribution in [1.29, 1.82) is 0 Å². The fourth-order valence-corrected chi connectivity index (χ4v) is 4.45. The quantitative estimate of drug-likeness (QED) is 0.680. The van der Waals surface area contributed by atoms with Gasteiger partial charge in [0.2, 0.25) is 5.95 Å². The molecule has 1 spiro atoms. The van der Waals surface area contributed by atoms with Crippen molar-refractivity contribution in [2.24, 2.45) is 0 Å². The molecule has 29 heavy (non-hydrogen) atoms. The molecule has 0 bridgehead atoms. The second kappa shape index (κ2) is 7.28. The van der Waals surface area contributed by atoms with Crippen LogP contribution in [-0.4, -0.2) is 48.7 Å². The highest BCUT2D eigenvalue weighted by Gasteiger charge is 2.45. The van der Waals surface area contributed by atoms with Gasteiger partial charge in [0.1, 0.15) is 11.5 Å². The highest BCUT2D eigenvalue weighted by molar-refractivity contribution is 5.57. The third-order valence-corrected chi connectivity index (χ3v) is 5.92. The Kier molecular flexibility index (Phi) is 4.60. The maximum Gasteiger partial charge on any atom is 0.225 e. The van der Waals surface area contributed by atoms with Crippen LogP contribution in [0.4, 0.5) is 5.95 Å². The Morgan fingerprint density at radius 3 is 2.83 bits per heavy atom. The molecule has 150 valence electrons. The number of nitrogens with zero attached hydrogens (tertiary/aromatic N) is 4. The Morgan fingerprint density at radius 1 is 1.14 bits per heavy atom. The van der Waals surface area contributed by atoms with Gasteiger partial charge in [0.15, 0.2) is 0 Å². The van der Waals surface area contributed by atoms with Crippen LogP contribution in [0, 0.1) is 0 Å². The van der Waals surface area contributed by atoms with Crippen LogP contribution >= 0.6 is 0 Å². The summed E-state index contributed by atoms with van der Waals surface area (Å²) >= 11 is 0. The van der Waals surface area contributed by atoms with E-state index in [0.29, 0.717) is 13.2 Å². The zero-order chi connectivity index (χ0) is 19.8.